The molecule has 0 bridgehead atoms. The van der Waals surface area contributed by atoms with Gasteiger partial charge in [-0.25, -0.2) is 0 Å². The summed E-state index contributed by atoms with van der Waals surface area (Å²) in [5.74, 6) is -1.05. The van der Waals surface area contributed by atoms with Crippen LogP contribution in [-0.4, -0.2) is 38.6 Å². The van der Waals surface area contributed by atoms with E-state index in [0.717, 1.165) is 24.8 Å². The van der Waals surface area contributed by atoms with Gasteiger partial charge in [0.2, 0.25) is 0 Å². The Balaban J connectivity index is 1.73. The number of aromatic nitrogens is 3. The summed E-state index contributed by atoms with van der Waals surface area (Å²) in [5.41, 5.74) is 0.914. The molecule has 2 amide bonds. The minimum Gasteiger partial charge on any atom is -0.363 e. The van der Waals surface area contributed by atoms with Gasteiger partial charge in [-0.05, 0) is 19.3 Å². The number of hydrogen-bond acceptors (Lipinski definition) is 5. The highest BCUT2D eigenvalue weighted by Gasteiger charge is 2.32. The molecule has 110 valence electrons. The number of likely N-dealkylation sites (tertiary alicyclic amines) is 1. The molecule has 8 heteroatoms. The van der Waals surface area contributed by atoms with Gasteiger partial charge in [-0.15, -0.1) is 0 Å². The van der Waals surface area contributed by atoms with Crippen molar-refractivity contribution in [3.8, 4) is 0 Å². The Morgan fingerprint density at radius 1 is 1.43 bits per heavy atom. The Hall–Kier alpha value is -2.64. The molecule has 1 aliphatic heterocycles. The van der Waals surface area contributed by atoms with E-state index in [1.165, 1.54) is 12.3 Å². The van der Waals surface area contributed by atoms with Crippen LogP contribution >= 0.6 is 0 Å². The normalized spacial score (nSPS) is 18.5. The van der Waals surface area contributed by atoms with Crippen molar-refractivity contribution in [3.63, 3.8) is 0 Å². The first-order chi connectivity index (χ1) is 10.3. The molecule has 2 aromatic heterocycles. The molecule has 2 aromatic rings. The van der Waals surface area contributed by atoms with Crippen LogP contribution in [0.15, 0.2) is 29.2 Å². The maximum atomic E-state index is 12.4. The average Bonchev–Trinajstić information content (AvgIpc) is 3.19. The monoisotopic (exact) mass is 289 g/mol. The van der Waals surface area contributed by atoms with E-state index in [2.05, 4.69) is 25.2 Å². The molecule has 1 saturated heterocycles. The van der Waals surface area contributed by atoms with Crippen molar-refractivity contribution in [2.75, 3.05) is 11.9 Å². The third-order valence-corrected chi connectivity index (χ3v) is 3.54. The van der Waals surface area contributed by atoms with E-state index in [-0.39, 0.29) is 11.9 Å². The van der Waals surface area contributed by atoms with E-state index in [9.17, 15) is 9.59 Å². The van der Waals surface area contributed by atoms with E-state index in [1.54, 1.807) is 17.3 Å². The number of carbonyl (C=O) groups excluding carboxylic acids is 2. The summed E-state index contributed by atoms with van der Waals surface area (Å²) in [6.45, 7) is 0.556. The fourth-order valence-electron chi connectivity index (χ4n) is 2.54. The number of nitrogens with zero attached hydrogens (tertiary/aromatic N) is 3. The summed E-state index contributed by atoms with van der Waals surface area (Å²) in [4.78, 5) is 26.0. The number of carbonyl (C=O) groups is 2. The summed E-state index contributed by atoms with van der Waals surface area (Å²) in [6.07, 6.45) is 7.50. The van der Waals surface area contributed by atoms with E-state index < -0.39 is 11.8 Å². The zero-order valence-corrected chi connectivity index (χ0v) is 11.3. The zero-order chi connectivity index (χ0) is 14.7. The van der Waals surface area contributed by atoms with Gasteiger partial charge in [-0.3, -0.25) is 20.0 Å². The predicted octanol–water partition coefficient (Wildman–Crippen LogP) is 1.09. The van der Waals surface area contributed by atoms with Crippen LogP contribution in [0.1, 0.15) is 30.9 Å². The number of anilines is 1. The second kappa shape index (κ2) is 5.78. The molecule has 3 rings (SSSR count). The summed E-state index contributed by atoms with van der Waals surface area (Å²) >= 11 is 0. The number of aromatic amines is 1. The van der Waals surface area contributed by atoms with Crippen LogP contribution < -0.4 is 5.32 Å². The second-order valence-electron chi connectivity index (χ2n) is 4.88. The number of H-pyrrole nitrogens is 1. The first-order valence-electron chi connectivity index (χ1n) is 6.76. The summed E-state index contributed by atoms with van der Waals surface area (Å²) in [6, 6.07) is 1.36. The number of nitrogens with one attached hydrogen (secondary N) is 2. The maximum absolute atomic E-state index is 12.4. The number of amides is 2. The van der Waals surface area contributed by atoms with Crippen molar-refractivity contribution in [3.05, 3.63) is 30.3 Å². The van der Waals surface area contributed by atoms with E-state index in [4.69, 9.17) is 0 Å². The van der Waals surface area contributed by atoms with Gasteiger partial charge in [0.1, 0.15) is 6.26 Å². The lowest BCUT2D eigenvalue weighted by Gasteiger charge is -2.34. The highest BCUT2D eigenvalue weighted by atomic mass is 16.5. The molecule has 1 atom stereocenters. The van der Waals surface area contributed by atoms with Crippen LogP contribution in [0.5, 0.6) is 0 Å². The molecule has 0 radical (unpaired) electrons. The molecule has 2 N–H and O–H groups in total. The predicted molar refractivity (Wildman–Crippen MR) is 72.0 cm³/mol. The van der Waals surface area contributed by atoms with Crippen LogP contribution in [0.3, 0.4) is 0 Å². The average molecular weight is 289 g/mol. The highest BCUT2D eigenvalue weighted by molar-refractivity contribution is 6.39. The van der Waals surface area contributed by atoms with Gasteiger partial charge >= 0.3 is 11.8 Å². The standard InChI is InChI=1S/C13H15N5O3/c19-12(16-11-4-6-21-17-11)13(20)18-5-2-1-3-10(18)9-7-14-15-8-9/h4,6-8,10H,1-3,5H2,(H,14,15)(H,16,17,19). The van der Waals surface area contributed by atoms with Crippen molar-refractivity contribution in [1.29, 1.82) is 0 Å². The van der Waals surface area contributed by atoms with Gasteiger partial charge in [0.15, 0.2) is 5.82 Å². The molecule has 21 heavy (non-hydrogen) atoms. The zero-order valence-electron chi connectivity index (χ0n) is 11.3. The maximum Gasteiger partial charge on any atom is 0.315 e. The molecule has 3 heterocycles. The topological polar surface area (TPSA) is 104 Å². The first-order valence-corrected chi connectivity index (χ1v) is 6.76. The Kier molecular flexibility index (Phi) is 3.67. The first kappa shape index (κ1) is 13.3. The smallest absolute Gasteiger partial charge is 0.315 e. The van der Waals surface area contributed by atoms with E-state index >= 15 is 0 Å². The Labute approximate surface area is 120 Å². The Bertz CT molecular complexity index is 608. The highest BCUT2D eigenvalue weighted by Crippen LogP contribution is 2.30. The fourth-order valence-corrected chi connectivity index (χ4v) is 2.54. The minimum absolute atomic E-state index is 0.118. The van der Waals surface area contributed by atoms with E-state index in [0.29, 0.717) is 6.54 Å². The summed E-state index contributed by atoms with van der Waals surface area (Å²) in [7, 11) is 0. The van der Waals surface area contributed by atoms with Crippen LogP contribution in [0.4, 0.5) is 5.82 Å². The fraction of sp³-hybridized carbons (Fsp3) is 0.385. The van der Waals surface area contributed by atoms with Crippen LogP contribution in [0.25, 0.3) is 0 Å². The number of hydrogen-bond donors (Lipinski definition) is 2. The summed E-state index contributed by atoms with van der Waals surface area (Å²) in [5, 5.41) is 12.6. The molecule has 0 aliphatic carbocycles. The van der Waals surface area contributed by atoms with Crippen molar-refractivity contribution >= 4 is 17.6 Å². The third-order valence-electron chi connectivity index (χ3n) is 3.54. The molecule has 0 spiro atoms. The molecule has 0 aromatic carbocycles. The molecule has 1 aliphatic rings. The van der Waals surface area contributed by atoms with Gasteiger partial charge < -0.3 is 9.42 Å². The molecule has 1 unspecified atom stereocenters. The lowest BCUT2D eigenvalue weighted by Crippen LogP contribution is -2.44. The molecule has 0 saturated carbocycles. The van der Waals surface area contributed by atoms with Crippen molar-refractivity contribution < 1.29 is 14.1 Å². The lowest BCUT2D eigenvalue weighted by molar-refractivity contribution is -0.145. The van der Waals surface area contributed by atoms with Gasteiger partial charge in [-0.2, -0.15) is 5.10 Å². The largest absolute Gasteiger partial charge is 0.363 e. The Morgan fingerprint density at radius 2 is 2.33 bits per heavy atom. The quantitative estimate of drug-likeness (QED) is 0.805. The minimum atomic E-state index is -0.709. The lowest BCUT2D eigenvalue weighted by atomic mass is 9.97. The van der Waals surface area contributed by atoms with Gasteiger partial charge in [-0.1, -0.05) is 5.16 Å². The van der Waals surface area contributed by atoms with Gasteiger partial charge in [0, 0.05) is 24.4 Å². The van der Waals surface area contributed by atoms with Gasteiger partial charge in [0.25, 0.3) is 0 Å². The van der Waals surface area contributed by atoms with Crippen LogP contribution in [-0.2, 0) is 9.59 Å². The van der Waals surface area contributed by atoms with Crippen molar-refractivity contribution in [2.45, 2.75) is 25.3 Å². The number of piperidine rings is 1. The molecular formula is C13H15N5O3. The van der Waals surface area contributed by atoms with Crippen molar-refractivity contribution in [1.82, 2.24) is 20.3 Å². The molecular weight excluding hydrogens is 274 g/mol. The SMILES string of the molecule is O=C(Nc1ccon1)C(=O)N1CCCCC1c1cn[nH]c1. The van der Waals surface area contributed by atoms with Crippen molar-refractivity contribution in [2.24, 2.45) is 0 Å². The van der Waals surface area contributed by atoms with E-state index in [1.807, 2.05) is 0 Å². The molecule has 1 fully saturated rings. The molecule has 8 nitrogen and oxygen atoms in total. The Morgan fingerprint density at radius 3 is 3.05 bits per heavy atom. The summed E-state index contributed by atoms with van der Waals surface area (Å²) < 4.78 is 4.62. The number of rotatable bonds is 2. The second-order valence-corrected chi connectivity index (χ2v) is 4.88. The third kappa shape index (κ3) is 2.78. The van der Waals surface area contributed by atoms with Crippen LogP contribution in [0.2, 0.25) is 0 Å². The van der Waals surface area contributed by atoms with Crippen LogP contribution in [0, 0.1) is 0 Å². The van der Waals surface area contributed by atoms with Gasteiger partial charge in [0.05, 0.1) is 12.2 Å².